The highest BCUT2D eigenvalue weighted by molar-refractivity contribution is 7.88. The number of sulfonamides is 1. The molecule has 14 fully saturated rings. The van der Waals surface area contributed by atoms with E-state index in [9.17, 15) is 35.2 Å². The number of carbonyl (C=O) groups excluding carboxylic acids is 1. The zero-order valence-electron chi connectivity index (χ0n) is 65.2. The standard InChI is InChI=1S/C13H25NO.C12H21F2NO.C12H21NO.C11H18F3N.C11H21NO.C10H19NO2S.C10H18O.7CH4/c1-9(2)13-11-5-14(10(3)4)6-12(13)8-15-7-11;1-8(2)12-9-3-15(5-11(13)14)4-10(12)7-16-6-9;1-9(2)11-6-12(7-11)4-5-13(8-12)10(3)14;1-8(2)9-3-10(4-9)5-15(6-10)7-11(12,13)14;1-8(2)11-9-4-12(3)5-10(11)7-13-6-9;1-8(2)9-4-10(5-9)6-11(7-10)14(3,12)13;1-8(2)9-5-10(6-9)3-4-11-7-10;;;;;;;/h9-13H,5-8H2,1-4H3;8-12H,3-7H2,1-2H3;9,11H,4-8H2,1-3H3;8-9H,3-7H2,1-2H3;8-11H,4-7H2,1-3H3;8-9H,4-7H2,1-3H3;8-9H,3-7H2,1-2H3;7*1H4. The Kier molecular flexibility index (Phi) is 41.4. The molecule has 0 aromatic heterocycles. The van der Waals surface area contributed by atoms with E-state index < -0.39 is 29.2 Å². The molecule has 10 saturated heterocycles. The van der Waals surface area contributed by atoms with Crippen molar-refractivity contribution in [2.45, 2.75) is 253 Å². The van der Waals surface area contributed by atoms with Crippen molar-refractivity contribution >= 4 is 15.9 Å². The number of nitrogens with zero attached hydrogens (tertiary/aromatic N) is 6. The van der Waals surface area contributed by atoms with Gasteiger partial charge in [-0.15, -0.1) is 0 Å². The molecule has 4 spiro atoms. The van der Waals surface area contributed by atoms with Crippen LogP contribution in [-0.2, 0) is 33.8 Å². The third kappa shape index (κ3) is 27.2. The van der Waals surface area contributed by atoms with E-state index in [-0.39, 0.29) is 69.9 Å². The molecule has 4 aliphatic carbocycles. The third-order valence-electron chi connectivity index (χ3n) is 27.1. The van der Waals surface area contributed by atoms with Gasteiger partial charge >= 0.3 is 6.18 Å². The summed E-state index contributed by atoms with van der Waals surface area (Å²) < 4.78 is 107. The quantitative estimate of drug-likeness (QED) is 0.174. The lowest BCUT2D eigenvalue weighted by Gasteiger charge is -2.60. The minimum atomic E-state index is -4.02. The molecule has 14 aliphatic rings. The van der Waals surface area contributed by atoms with Crippen LogP contribution in [-0.4, -0.2) is 220 Å². The molecule has 0 N–H and O–H groups in total. The van der Waals surface area contributed by atoms with Crippen LogP contribution in [0, 0.1) is 140 Å². The van der Waals surface area contributed by atoms with E-state index in [2.05, 4.69) is 128 Å². The summed E-state index contributed by atoms with van der Waals surface area (Å²) in [5, 5.41) is 0. The van der Waals surface area contributed by atoms with Gasteiger partial charge in [0.15, 0.2) is 0 Å². The highest BCUT2D eigenvalue weighted by Gasteiger charge is 2.57. The summed E-state index contributed by atoms with van der Waals surface area (Å²) in [6.45, 7) is 56.6. The Balaban J connectivity index is 0.000000607. The average molecular weight is 1530 g/mol. The Labute approximate surface area is 646 Å². The fraction of sp³-hybridized carbons (Fsp3) is 0.988. The predicted octanol–water partition coefficient (Wildman–Crippen LogP) is 19.2. The highest BCUT2D eigenvalue weighted by Crippen LogP contribution is 2.57. The van der Waals surface area contributed by atoms with Gasteiger partial charge in [0.2, 0.25) is 15.9 Å². The first kappa shape index (κ1) is 102. The number of rotatable bonds is 12. The fourth-order valence-electron chi connectivity index (χ4n) is 21.6. The Morgan fingerprint density at radius 1 is 0.457 bits per heavy atom. The first-order chi connectivity index (χ1) is 45.7. The second kappa shape index (κ2) is 42.7. The molecule has 0 aromatic rings. The van der Waals surface area contributed by atoms with Crippen molar-refractivity contribution in [2.24, 2.45) is 140 Å². The van der Waals surface area contributed by atoms with Crippen molar-refractivity contribution in [2.75, 3.05) is 158 Å². The number of ether oxygens (including phenoxy) is 4. The second-order valence-corrected chi connectivity index (χ2v) is 39.9. The number of likely N-dealkylation sites (tertiary alicyclic amines) is 5. The SMILES string of the molecule is C.C.C.C.C.C.C.CC(=O)N1CCC2(CC(C(C)C)C2)C1.CC(C)C1C2COCC1CN(C(C)C)C2.CC(C)C1C2COCC1CN(C)C2.CC(C)C1C2COCC1CN(CC(F)F)C2.CC(C)C1CC2(C1)CN(CC(F)(F)F)C2.CC(C)C1CC2(C1)CN(S(C)(=O)=O)C2.CC(C)C1CC2(CCOC2)C1. The monoisotopic (exact) mass is 1530 g/mol. The van der Waals surface area contributed by atoms with Crippen molar-refractivity contribution < 1.29 is 54.1 Å². The molecule has 13 nitrogen and oxygen atoms in total. The lowest BCUT2D eigenvalue weighted by Crippen LogP contribution is -2.64. The van der Waals surface area contributed by atoms with E-state index in [1.54, 1.807) is 11.2 Å². The van der Waals surface area contributed by atoms with Crippen LogP contribution in [0.25, 0.3) is 0 Å². The van der Waals surface area contributed by atoms with Crippen LogP contribution >= 0.6 is 0 Å². The molecule has 6 unspecified atom stereocenters. The number of amides is 1. The van der Waals surface area contributed by atoms with Crippen LogP contribution in [0.4, 0.5) is 22.0 Å². The topological polar surface area (TPSA) is 108 Å². The zero-order chi connectivity index (χ0) is 72.2. The summed E-state index contributed by atoms with van der Waals surface area (Å²) in [7, 11) is -0.680. The normalized spacial score (nSPS) is 31.1. The number of halogens is 5. The molecule has 19 heteroatoms. The first-order valence-corrected chi connectivity index (χ1v) is 41.3. The summed E-state index contributed by atoms with van der Waals surface area (Å²) in [4.78, 5) is 21.8. The van der Waals surface area contributed by atoms with Gasteiger partial charge in [-0.05, 0) is 225 Å². The molecule has 4 saturated carbocycles. The van der Waals surface area contributed by atoms with Crippen molar-refractivity contribution in [3.63, 3.8) is 0 Å². The van der Waals surface area contributed by atoms with E-state index in [1.807, 2.05) is 9.80 Å². The molecule has 1 amide bonds. The van der Waals surface area contributed by atoms with Gasteiger partial charge in [0.25, 0.3) is 6.43 Å². The summed E-state index contributed by atoms with van der Waals surface area (Å²) in [5.41, 5.74) is 1.81. The molecular weight excluding hydrogens is 1360 g/mol. The van der Waals surface area contributed by atoms with Gasteiger partial charge in [0.05, 0.1) is 65.6 Å². The summed E-state index contributed by atoms with van der Waals surface area (Å²) in [5.74, 6) is 15.7. The molecule has 10 heterocycles. The molecule has 14 rings (SSSR count). The van der Waals surface area contributed by atoms with E-state index in [0.717, 1.165) is 194 Å². The zero-order valence-corrected chi connectivity index (χ0v) is 66.0. The molecule has 6 atom stereocenters. The van der Waals surface area contributed by atoms with E-state index >= 15 is 0 Å². The number of hydrogen-bond donors (Lipinski definition) is 0. The van der Waals surface area contributed by atoms with Crippen LogP contribution < -0.4 is 0 Å². The van der Waals surface area contributed by atoms with Crippen LogP contribution in [0.1, 0.15) is 234 Å². The number of hydrogen-bond acceptors (Lipinski definition) is 11. The molecule has 6 bridgehead atoms. The molecular formula is C86H171F5N6O7S. The number of fused-ring (bicyclic) bond motifs is 6. The van der Waals surface area contributed by atoms with E-state index in [4.69, 9.17) is 18.9 Å². The van der Waals surface area contributed by atoms with Crippen LogP contribution in [0.15, 0.2) is 0 Å². The van der Waals surface area contributed by atoms with Crippen molar-refractivity contribution in [3.05, 3.63) is 0 Å². The molecule has 0 aromatic carbocycles. The van der Waals surface area contributed by atoms with Gasteiger partial charge in [-0.2, -0.15) is 13.2 Å². The van der Waals surface area contributed by atoms with Crippen LogP contribution in [0.5, 0.6) is 0 Å². The van der Waals surface area contributed by atoms with Crippen LogP contribution in [0.3, 0.4) is 0 Å². The maximum Gasteiger partial charge on any atom is 0.401 e. The first-order valence-electron chi connectivity index (χ1n) is 39.5. The Bertz CT molecular complexity index is 2490. The van der Waals surface area contributed by atoms with Crippen molar-refractivity contribution in [1.82, 2.24) is 28.8 Å². The van der Waals surface area contributed by atoms with Gasteiger partial charge in [-0.1, -0.05) is 149 Å². The Hall–Kier alpha value is -1.29. The van der Waals surface area contributed by atoms with E-state index in [0.29, 0.717) is 65.0 Å². The molecule has 105 heavy (non-hydrogen) atoms. The molecule has 628 valence electrons. The van der Waals surface area contributed by atoms with Gasteiger partial charge in [-0.25, -0.2) is 21.5 Å². The fourth-order valence-corrected chi connectivity index (χ4v) is 22.6. The largest absolute Gasteiger partial charge is 0.401 e. The Morgan fingerprint density at radius 2 is 0.800 bits per heavy atom. The number of piperidine rings is 3. The summed E-state index contributed by atoms with van der Waals surface area (Å²) in [6.07, 6.45) is 7.97. The number of carbonyl (C=O) groups is 1. The smallest absolute Gasteiger partial charge is 0.381 e. The van der Waals surface area contributed by atoms with Gasteiger partial charge in [0, 0.05) is 98.1 Å². The minimum absolute atomic E-state index is 0. The minimum Gasteiger partial charge on any atom is -0.381 e. The van der Waals surface area contributed by atoms with Crippen LogP contribution in [0.2, 0.25) is 0 Å². The Morgan fingerprint density at radius 3 is 1.10 bits per heavy atom. The van der Waals surface area contributed by atoms with Gasteiger partial charge in [0.1, 0.15) is 0 Å². The lowest BCUT2D eigenvalue weighted by atomic mass is 9.55. The van der Waals surface area contributed by atoms with Gasteiger partial charge < -0.3 is 33.6 Å². The highest BCUT2D eigenvalue weighted by atomic mass is 32.2. The third-order valence-corrected chi connectivity index (χ3v) is 28.3. The number of alkyl halides is 5. The average Bonchev–Trinajstić information content (AvgIpc) is 1.56. The van der Waals surface area contributed by atoms with Crippen molar-refractivity contribution in [3.8, 4) is 0 Å². The predicted molar refractivity (Wildman–Crippen MR) is 433 cm³/mol. The van der Waals surface area contributed by atoms with Gasteiger partial charge in [-0.3, -0.25) is 14.6 Å². The maximum absolute atomic E-state index is 12.4. The van der Waals surface area contributed by atoms with E-state index in [1.165, 1.54) is 88.7 Å². The second-order valence-electron chi connectivity index (χ2n) is 37.9. The van der Waals surface area contributed by atoms with Crippen molar-refractivity contribution in [1.29, 1.82) is 0 Å². The summed E-state index contributed by atoms with van der Waals surface area (Å²) >= 11 is 0. The molecule has 0 radical (unpaired) electrons. The lowest BCUT2D eigenvalue weighted by molar-refractivity contribution is -0.188. The molecule has 10 aliphatic heterocycles. The summed E-state index contributed by atoms with van der Waals surface area (Å²) in [6, 6.07) is 0.696. The maximum atomic E-state index is 12.4.